The molecule has 1 aliphatic rings. The van der Waals surface area contributed by atoms with Crippen LogP contribution in [-0.4, -0.2) is 54.5 Å². The van der Waals surface area contributed by atoms with Crippen LogP contribution in [0.3, 0.4) is 0 Å². The first-order chi connectivity index (χ1) is 17.6. The van der Waals surface area contributed by atoms with Crippen LogP contribution in [0.25, 0.3) is 6.08 Å². The second-order valence-electron chi connectivity index (χ2n) is 8.68. The van der Waals surface area contributed by atoms with Gasteiger partial charge in [0.1, 0.15) is 0 Å². The fraction of sp³-hybridized carbons (Fsp3) is 0.276. The van der Waals surface area contributed by atoms with Crippen LogP contribution < -0.4 is 10.2 Å². The number of hydrogen-bond acceptors (Lipinski definition) is 6. The number of esters is 1. The number of hydrogen-bond donors (Lipinski definition) is 1. The summed E-state index contributed by atoms with van der Waals surface area (Å²) in [6.07, 6.45) is 6.85. The van der Waals surface area contributed by atoms with E-state index in [9.17, 15) is 9.59 Å². The summed E-state index contributed by atoms with van der Waals surface area (Å²) >= 11 is 0. The predicted molar refractivity (Wildman–Crippen MR) is 141 cm³/mol. The molecule has 7 heteroatoms. The zero-order valence-corrected chi connectivity index (χ0v) is 20.6. The molecule has 0 atom stereocenters. The Hall–Kier alpha value is -3.97. The van der Waals surface area contributed by atoms with Crippen molar-refractivity contribution in [3.63, 3.8) is 0 Å². The molecular formula is C29H32N4O3. The number of pyridine rings is 1. The lowest BCUT2D eigenvalue weighted by Gasteiger charge is -2.36. The molecule has 0 spiro atoms. The van der Waals surface area contributed by atoms with Crippen LogP contribution in [0.5, 0.6) is 0 Å². The van der Waals surface area contributed by atoms with Crippen LogP contribution in [0.15, 0.2) is 79.1 Å². The second-order valence-corrected chi connectivity index (χ2v) is 8.68. The third-order valence-electron chi connectivity index (χ3n) is 6.13. The molecule has 1 fully saturated rings. The number of rotatable bonds is 9. The number of anilines is 1. The average Bonchev–Trinajstić information content (AvgIpc) is 2.92. The van der Waals surface area contributed by atoms with Crippen LogP contribution in [0, 0.1) is 0 Å². The third-order valence-corrected chi connectivity index (χ3v) is 6.13. The maximum Gasteiger partial charge on any atom is 0.330 e. The number of nitrogens with zero attached hydrogens (tertiary/aromatic N) is 3. The third kappa shape index (κ3) is 7.26. The summed E-state index contributed by atoms with van der Waals surface area (Å²) in [6, 6.07) is 19.6. The van der Waals surface area contributed by atoms with Gasteiger partial charge in [-0.2, -0.15) is 0 Å². The number of aromatic nitrogens is 1. The lowest BCUT2D eigenvalue weighted by Crippen LogP contribution is -2.46. The van der Waals surface area contributed by atoms with E-state index in [0.717, 1.165) is 49.5 Å². The van der Waals surface area contributed by atoms with Crippen molar-refractivity contribution >= 4 is 23.6 Å². The molecule has 186 valence electrons. The van der Waals surface area contributed by atoms with E-state index in [2.05, 4.69) is 26.2 Å². The van der Waals surface area contributed by atoms with Crippen molar-refractivity contribution in [2.75, 3.05) is 37.7 Å². The highest BCUT2D eigenvalue weighted by Crippen LogP contribution is 2.18. The number of nitrogens with one attached hydrogen (secondary N) is 1. The summed E-state index contributed by atoms with van der Waals surface area (Å²) in [7, 11) is 0. The van der Waals surface area contributed by atoms with E-state index >= 15 is 0 Å². The number of piperazine rings is 1. The standard InChI is InChI=1S/C29H32N4O3/c1-2-36-28(34)14-9-23-5-7-24(8-6-23)21-31-29(35)26-10-12-27(13-11-26)33-18-16-32(17-19-33)22-25-4-3-15-30-20-25/h3-15,20H,2,16-19,21-22H2,1H3,(H,31,35). The van der Waals surface area contributed by atoms with Crippen molar-refractivity contribution in [2.45, 2.75) is 20.0 Å². The second kappa shape index (κ2) is 12.7. The van der Waals surface area contributed by atoms with Crippen molar-refractivity contribution in [3.05, 3.63) is 101 Å². The minimum absolute atomic E-state index is 0.103. The Bertz CT molecular complexity index is 1150. The number of ether oxygens (including phenoxy) is 1. The molecule has 1 aliphatic heterocycles. The highest BCUT2D eigenvalue weighted by Gasteiger charge is 2.17. The van der Waals surface area contributed by atoms with E-state index in [-0.39, 0.29) is 11.9 Å². The molecule has 1 amide bonds. The van der Waals surface area contributed by atoms with Gasteiger partial charge in [0, 0.05) is 69.0 Å². The fourth-order valence-electron chi connectivity index (χ4n) is 4.12. The molecule has 1 saturated heterocycles. The fourth-order valence-corrected chi connectivity index (χ4v) is 4.12. The summed E-state index contributed by atoms with van der Waals surface area (Å²) in [4.78, 5) is 33.1. The number of amides is 1. The average molecular weight is 485 g/mol. The molecule has 0 saturated carbocycles. The van der Waals surface area contributed by atoms with Gasteiger partial charge in [0.25, 0.3) is 5.91 Å². The van der Waals surface area contributed by atoms with E-state index < -0.39 is 0 Å². The Labute approximate surface area is 212 Å². The molecule has 3 aromatic rings. The molecule has 4 rings (SSSR count). The topological polar surface area (TPSA) is 74.8 Å². The predicted octanol–water partition coefficient (Wildman–Crippen LogP) is 3.91. The van der Waals surface area contributed by atoms with Crippen LogP contribution in [0.1, 0.15) is 34.0 Å². The van der Waals surface area contributed by atoms with Gasteiger partial charge >= 0.3 is 5.97 Å². The molecule has 2 aromatic carbocycles. The van der Waals surface area contributed by atoms with E-state index in [1.165, 1.54) is 11.6 Å². The van der Waals surface area contributed by atoms with E-state index in [1.54, 1.807) is 19.2 Å². The van der Waals surface area contributed by atoms with Crippen molar-refractivity contribution in [2.24, 2.45) is 0 Å². The van der Waals surface area contributed by atoms with Gasteiger partial charge in [0.2, 0.25) is 0 Å². The Morgan fingerprint density at radius 3 is 2.39 bits per heavy atom. The van der Waals surface area contributed by atoms with Crippen molar-refractivity contribution < 1.29 is 14.3 Å². The molecule has 0 bridgehead atoms. The lowest BCUT2D eigenvalue weighted by molar-refractivity contribution is -0.137. The summed E-state index contributed by atoms with van der Waals surface area (Å²) in [5.41, 5.74) is 4.90. The summed E-state index contributed by atoms with van der Waals surface area (Å²) in [5, 5.41) is 2.97. The van der Waals surface area contributed by atoms with Gasteiger partial charge in [-0.1, -0.05) is 30.3 Å². The Kier molecular flexibility index (Phi) is 8.83. The minimum Gasteiger partial charge on any atom is -0.463 e. The van der Waals surface area contributed by atoms with Crippen molar-refractivity contribution in [1.82, 2.24) is 15.2 Å². The molecule has 36 heavy (non-hydrogen) atoms. The Morgan fingerprint density at radius 1 is 0.972 bits per heavy atom. The maximum absolute atomic E-state index is 12.6. The SMILES string of the molecule is CCOC(=O)C=Cc1ccc(CNC(=O)c2ccc(N3CCN(Cc4cccnc4)CC3)cc2)cc1. The highest BCUT2D eigenvalue weighted by molar-refractivity contribution is 5.94. The smallest absolute Gasteiger partial charge is 0.330 e. The number of benzene rings is 2. The molecule has 7 nitrogen and oxygen atoms in total. The molecule has 1 aromatic heterocycles. The first-order valence-electron chi connectivity index (χ1n) is 12.3. The Morgan fingerprint density at radius 2 is 1.72 bits per heavy atom. The lowest BCUT2D eigenvalue weighted by atomic mass is 10.1. The van der Waals surface area contributed by atoms with Gasteiger partial charge in [-0.25, -0.2) is 4.79 Å². The zero-order valence-electron chi connectivity index (χ0n) is 20.6. The first-order valence-corrected chi connectivity index (χ1v) is 12.3. The number of carbonyl (C=O) groups excluding carboxylic acids is 2. The number of carbonyl (C=O) groups is 2. The minimum atomic E-state index is -0.358. The molecule has 1 N–H and O–H groups in total. The van der Waals surface area contributed by atoms with E-state index in [1.807, 2.05) is 60.8 Å². The van der Waals surface area contributed by atoms with Gasteiger partial charge in [-0.15, -0.1) is 0 Å². The largest absolute Gasteiger partial charge is 0.463 e. The normalized spacial score (nSPS) is 14.1. The summed E-state index contributed by atoms with van der Waals surface area (Å²) < 4.78 is 4.88. The van der Waals surface area contributed by atoms with Crippen molar-refractivity contribution in [1.29, 1.82) is 0 Å². The highest BCUT2D eigenvalue weighted by atomic mass is 16.5. The van der Waals surface area contributed by atoms with Gasteiger partial charge in [-0.05, 0) is 60.0 Å². The molecule has 0 unspecified atom stereocenters. The van der Waals surface area contributed by atoms with Crippen LogP contribution in [0.4, 0.5) is 5.69 Å². The molecular weight excluding hydrogens is 452 g/mol. The monoisotopic (exact) mass is 484 g/mol. The molecule has 2 heterocycles. The quantitative estimate of drug-likeness (QED) is 0.367. The van der Waals surface area contributed by atoms with Gasteiger partial charge in [0.15, 0.2) is 0 Å². The van der Waals surface area contributed by atoms with E-state index in [0.29, 0.717) is 18.7 Å². The van der Waals surface area contributed by atoms with Gasteiger partial charge in [-0.3, -0.25) is 14.7 Å². The van der Waals surface area contributed by atoms with Crippen LogP contribution >= 0.6 is 0 Å². The van der Waals surface area contributed by atoms with Gasteiger partial charge < -0.3 is 15.0 Å². The molecule has 0 aliphatic carbocycles. The van der Waals surface area contributed by atoms with Gasteiger partial charge in [0.05, 0.1) is 6.61 Å². The van der Waals surface area contributed by atoms with Crippen LogP contribution in [-0.2, 0) is 22.6 Å². The summed E-state index contributed by atoms with van der Waals surface area (Å²) in [5.74, 6) is -0.461. The zero-order chi connectivity index (χ0) is 25.2. The first kappa shape index (κ1) is 25.1. The summed E-state index contributed by atoms with van der Waals surface area (Å²) in [6.45, 7) is 7.39. The van der Waals surface area contributed by atoms with E-state index in [4.69, 9.17) is 4.74 Å². The van der Waals surface area contributed by atoms with Crippen LogP contribution in [0.2, 0.25) is 0 Å². The Balaban J connectivity index is 1.23. The molecule has 0 radical (unpaired) electrons. The van der Waals surface area contributed by atoms with Crippen molar-refractivity contribution in [3.8, 4) is 0 Å². The maximum atomic E-state index is 12.6.